The van der Waals surface area contributed by atoms with Gasteiger partial charge in [0.2, 0.25) is 9.84 Å². The molecule has 1 aliphatic heterocycles. The van der Waals surface area contributed by atoms with Crippen LogP contribution < -0.4 is 10.2 Å². The zero-order chi connectivity index (χ0) is 17.8. The number of H-pyrrole nitrogens is 1. The van der Waals surface area contributed by atoms with Crippen LogP contribution in [0.3, 0.4) is 0 Å². The van der Waals surface area contributed by atoms with Crippen molar-refractivity contribution >= 4 is 27.3 Å². The van der Waals surface area contributed by atoms with E-state index < -0.39 is 15.5 Å². The fourth-order valence-corrected chi connectivity index (χ4v) is 3.56. The molecule has 2 N–H and O–H groups in total. The van der Waals surface area contributed by atoms with Crippen molar-refractivity contribution in [2.24, 2.45) is 5.92 Å². The van der Waals surface area contributed by atoms with Gasteiger partial charge in [-0.25, -0.2) is 22.8 Å². The molecule has 10 heteroatoms. The summed E-state index contributed by atoms with van der Waals surface area (Å²) in [6.45, 7) is 2.30. The first-order valence-electron chi connectivity index (χ1n) is 8.05. The number of aromatic nitrogens is 4. The molecule has 1 saturated heterocycles. The molecule has 25 heavy (non-hydrogen) atoms. The monoisotopic (exact) mass is 366 g/mol. The normalized spacial score (nSPS) is 19.6. The van der Waals surface area contributed by atoms with Gasteiger partial charge in [0.05, 0.1) is 18.8 Å². The topological polar surface area (TPSA) is 104 Å². The second-order valence-electron chi connectivity index (χ2n) is 6.88. The number of hydrogen-bond acceptors (Lipinski definition) is 7. The number of hydrogen-bond donors (Lipinski definition) is 2. The van der Waals surface area contributed by atoms with Crippen molar-refractivity contribution in [3.8, 4) is 0 Å². The van der Waals surface area contributed by atoms with Gasteiger partial charge in [-0.1, -0.05) is 0 Å². The maximum atomic E-state index is 14.6. The van der Waals surface area contributed by atoms with Crippen LogP contribution in [0.15, 0.2) is 17.3 Å². The van der Waals surface area contributed by atoms with E-state index >= 15 is 0 Å². The minimum absolute atomic E-state index is 0.130. The van der Waals surface area contributed by atoms with Crippen molar-refractivity contribution in [2.75, 3.05) is 29.6 Å². The van der Waals surface area contributed by atoms with Gasteiger partial charge < -0.3 is 10.2 Å². The first-order valence-corrected chi connectivity index (χ1v) is 9.94. The maximum absolute atomic E-state index is 14.6. The van der Waals surface area contributed by atoms with E-state index in [0.29, 0.717) is 17.5 Å². The van der Waals surface area contributed by atoms with Crippen molar-refractivity contribution < 1.29 is 12.8 Å². The SMILES string of the molecule is Cc1cc(Nc2cc(N3CC(F)(C4CC4)C3)nc(S(C)(=O)=O)n2)[nH]n1. The Morgan fingerprint density at radius 1 is 1.32 bits per heavy atom. The van der Waals surface area contributed by atoms with Crippen molar-refractivity contribution in [3.05, 3.63) is 17.8 Å². The second kappa shape index (κ2) is 5.38. The molecule has 0 atom stereocenters. The van der Waals surface area contributed by atoms with E-state index in [9.17, 15) is 12.8 Å². The molecule has 1 aliphatic carbocycles. The van der Waals surface area contributed by atoms with Gasteiger partial charge in [-0.05, 0) is 25.7 Å². The average molecular weight is 366 g/mol. The lowest BCUT2D eigenvalue weighted by Crippen LogP contribution is -2.60. The first kappa shape index (κ1) is 16.2. The highest BCUT2D eigenvalue weighted by molar-refractivity contribution is 7.90. The fraction of sp³-hybridized carbons (Fsp3) is 0.533. The summed E-state index contributed by atoms with van der Waals surface area (Å²) in [6.07, 6.45) is 2.90. The molecular formula is C15H19FN6O2S. The Bertz CT molecular complexity index is 918. The fourth-order valence-electron chi connectivity index (χ4n) is 3.04. The highest BCUT2D eigenvalue weighted by Crippen LogP contribution is 2.48. The minimum atomic E-state index is -3.59. The maximum Gasteiger partial charge on any atom is 0.250 e. The van der Waals surface area contributed by atoms with Crippen LogP contribution in [-0.4, -0.2) is 53.6 Å². The smallest absolute Gasteiger partial charge is 0.250 e. The number of aryl methyl sites for hydroxylation is 1. The molecule has 2 aliphatic rings. The molecule has 0 amide bonds. The Balaban J connectivity index is 1.63. The Morgan fingerprint density at radius 3 is 2.60 bits per heavy atom. The predicted molar refractivity (Wildman–Crippen MR) is 90.5 cm³/mol. The van der Waals surface area contributed by atoms with Crippen molar-refractivity contribution in [1.82, 2.24) is 20.2 Å². The molecule has 1 saturated carbocycles. The van der Waals surface area contributed by atoms with Gasteiger partial charge in [0.15, 0.2) is 0 Å². The van der Waals surface area contributed by atoms with E-state index in [1.54, 1.807) is 17.0 Å². The molecule has 8 nitrogen and oxygen atoms in total. The predicted octanol–water partition coefficient (Wildman–Crippen LogP) is 1.59. The largest absolute Gasteiger partial charge is 0.350 e. The molecular weight excluding hydrogens is 347 g/mol. The molecule has 0 aromatic carbocycles. The van der Waals surface area contributed by atoms with Crippen LogP contribution in [0.2, 0.25) is 0 Å². The Hall–Kier alpha value is -2.23. The Kier molecular flexibility index (Phi) is 3.50. The van der Waals surface area contributed by atoms with Gasteiger partial charge in [0.25, 0.3) is 5.16 Å². The van der Waals surface area contributed by atoms with Crippen LogP contribution in [0.25, 0.3) is 0 Å². The Labute approximate surface area is 144 Å². The quantitative estimate of drug-likeness (QED) is 0.775. The average Bonchev–Trinajstić information content (AvgIpc) is 3.27. The second-order valence-corrected chi connectivity index (χ2v) is 8.79. The van der Waals surface area contributed by atoms with Gasteiger partial charge in [0.1, 0.15) is 23.1 Å². The van der Waals surface area contributed by atoms with Crippen molar-refractivity contribution in [3.63, 3.8) is 0 Å². The molecule has 0 spiro atoms. The van der Waals surface area contributed by atoms with Crippen LogP contribution in [0.4, 0.5) is 21.8 Å². The molecule has 0 bridgehead atoms. The molecule has 2 fully saturated rings. The van der Waals surface area contributed by atoms with Gasteiger partial charge in [-0.15, -0.1) is 0 Å². The molecule has 3 heterocycles. The van der Waals surface area contributed by atoms with E-state index in [-0.39, 0.29) is 24.2 Å². The van der Waals surface area contributed by atoms with Gasteiger partial charge >= 0.3 is 0 Å². The van der Waals surface area contributed by atoms with Crippen molar-refractivity contribution in [2.45, 2.75) is 30.6 Å². The number of halogens is 1. The summed E-state index contributed by atoms with van der Waals surface area (Å²) in [7, 11) is -3.59. The molecule has 4 rings (SSSR count). The molecule has 134 valence electrons. The number of nitrogens with one attached hydrogen (secondary N) is 2. The summed E-state index contributed by atoms with van der Waals surface area (Å²) in [6, 6.07) is 3.39. The summed E-state index contributed by atoms with van der Waals surface area (Å²) in [5.41, 5.74) is -0.390. The standard InChI is InChI=1S/C15H19FN6O2S/c1-9-5-12(21-20-9)17-11-6-13(19-14(18-11)25(2,23)24)22-7-15(16,8-22)10-3-4-10/h5-6,10H,3-4,7-8H2,1-2H3,(H2,17,18,19,20,21). The zero-order valence-corrected chi connectivity index (χ0v) is 14.8. The highest BCUT2D eigenvalue weighted by Gasteiger charge is 2.54. The molecule has 2 aromatic rings. The molecule has 0 radical (unpaired) electrons. The molecule has 2 aromatic heterocycles. The summed E-state index contributed by atoms with van der Waals surface area (Å²) >= 11 is 0. The lowest BCUT2D eigenvalue weighted by atomic mass is 9.91. The van der Waals surface area contributed by atoms with Gasteiger partial charge in [-0.3, -0.25) is 5.10 Å². The van der Waals surface area contributed by atoms with Crippen LogP contribution in [0.1, 0.15) is 18.5 Å². The summed E-state index contributed by atoms with van der Waals surface area (Å²) in [5.74, 6) is 1.44. The van der Waals surface area contributed by atoms with E-state index in [1.165, 1.54) is 0 Å². The summed E-state index contributed by atoms with van der Waals surface area (Å²) in [4.78, 5) is 9.92. The third kappa shape index (κ3) is 3.17. The van der Waals surface area contributed by atoms with Gasteiger partial charge in [0, 0.05) is 18.4 Å². The third-order valence-electron chi connectivity index (χ3n) is 4.53. The van der Waals surface area contributed by atoms with Crippen LogP contribution in [0, 0.1) is 12.8 Å². The lowest BCUT2D eigenvalue weighted by Gasteiger charge is -2.45. The van der Waals surface area contributed by atoms with Crippen LogP contribution >= 0.6 is 0 Å². The number of sulfone groups is 1. The summed E-state index contributed by atoms with van der Waals surface area (Å²) in [5, 5.41) is 9.48. The van der Waals surface area contributed by atoms with E-state index in [4.69, 9.17) is 0 Å². The van der Waals surface area contributed by atoms with Gasteiger partial charge in [-0.2, -0.15) is 5.10 Å². The van der Waals surface area contributed by atoms with E-state index in [2.05, 4.69) is 25.5 Å². The van der Waals surface area contributed by atoms with E-state index in [1.807, 2.05) is 6.92 Å². The van der Waals surface area contributed by atoms with E-state index in [0.717, 1.165) is 24.8 Å². The number of nitrogens with zero attached hydrogens (tertiary/aromatic N) is 4. The number of anilines is 3. The Morgan fingerprint density at radius 2 is 2.04 bits per heavy atom. The number of alkyl halides is 1. The lowest BCUT2D eigenvalue weighted by molar-refractivity contribution is 0.0924. The van der Waals surface area contributed by atoms with Crippen LogP contribution in [0.5, 0.6) is 0 Å². The third-order valence-corrected chi connectivity index (χ3v) is 5.38. The van der Waals surface area contributed by atoms with Crippen LogP contribution in [-0.2, 0) is 9.84 Å². The molecule has 0 unspecified atom stereocenters. The number of rotatable bonds is 5. The van der Waals surface area contributed by atoms with Crippen molar-refractivity contribution in [1.29, 1.82) is 0 Å². The minimum Gasteiger partial charge on any atom is -0.350 e. The summed E-state index contributed by atoms with van der Waals surface area (Å²) < 4.78 is 38.4. The first-order chi connectivity index (χ1) is 11.7. The zero-order valence-electron chi connectivity index (χ0n) is 14.0. The highest BCUT2D eigenvalue weighted by atomic mass is 32.2. The number of aromatic amines is 1.